The number of ether oxygens (including phenoxy) is 1. The van der Waals surface area contributed by atoms with Gasteiger partial charge in [-0.25, -0.2) is 0 Å². The maximum Gasteiger partial charge on any atom is 0.119 e. The maximum atomic E-state index is 5.69. The average molecular weight is 327 g/mol. The fraction of sp³-hybridized carbons (Fsp3) is 0.647. The van der Waals surface area contributed by atoms with Crippen molar-refractivity contribution in [2.75, 3.05) is 0 Å². The molecule has 0 saturated heterocycles. The van der Waals surface area contributed by atoms with Gasteiger partial charge >= 0.3 is 0 Å². The largest absolute Gasteiger partial charge is 0.491 e. The summed E-state index contributed by atoms with van der Waals surface area (Å²) in [6.45, 7) is 8.65. The SMILES string of the molecule is CCCCC(CC)C(Br)c1ccc(OC(C)C)cc1. The molecular weight excluding hydrogens is 300 g/mol. The van der Waals surface area contributed by atoms with Crippen LogP contribution in [0.25, 0.3) is 0 Å². The standard InChI is InChI=1S/C17H27BrO/c1-5-7-8-14(6-2)17(18)15-9-11-16(12-10-15)19-13(3)4/h9-14,17H,5-8H2,1-4H3. The van der Waals surface area contributed by atoms with Crippen LogP contribution in [0.2, 0.25) is 0 Å². The lowest BCUT2D eigenvalue weighted by molar-refractivity contribution is 0.242. The Morgan fingerprint density at radius 3 is 2.21 bits per heavy atom. The molecule has 2 heteroatoms. The average Bonchev–Trinajstić information content (AvgIpc) is 2.39. The molecule has 0 saturated carbocycles. The monoisotopic (exact) mass is 326 g/mol. The van der Waals surface area contributed by atoms with Crippen LogP contribution in [0.15, 0.2) is 24.3 Å². The molecule has 0 aliphatic rings. The van der Waals surface area contributed by atoms with E-state index in [0.29, 0.717) is 4.83 Å². The first-order valence-corrected chi connectivity index (χ1v) is 8.40. The van der Waals surface area contributed by atoms with Crippen molar-refractivity contribution in [3.05, 3.63) is 29.8 Å². The van der Waals surface area contributed by atoms with Gasteiger partial charge in [-0.05, 0) is 43.9 Å². The molecule has 2 atom stereocenters. The second kappa shape index (κ2) is 8.63. The highest BCUT2D eigenvalue weighted by molar-refractivity contribution is 9.09. The van der Waals surface area contributed by atoms with Crippen LogP contribution in [0, 0.1) is 5.92 Å². The highest BCUT2D eigenvalue weighted by Gasteiger charge is 2.18. The first kappa shape index (κ1) is 16.6. The third-order valence-electron chi connectivity index (χ3n) is 3.44. The maximum absolute atomic E-state index is 5.69. The molecule has 0 aliphatic carbocycles. The van der Waals surface area contributed by atoms with Gasteiger partial charge in [-0.3, -0.25) is 0 Å². The highest BCUT2D eigenvalue weighted by atomic mass is 79.9. The van der Waals surface area contributed by atoms with Gasteiger partial charge in [0.2, 0.25) is 0 Å². The zero-order chi connectivity index (χ0) is 14.3. The predicted octanol–water partition coefficient (Wildman–Crippen LogP) is 6.13. The molecule has 0 N–H and O–H groups in total. The Balaban J connectivity index is 2.67. The number of alkyl halides is 1. The minimum Gasteiger partial charge on any atom is -0.491 e. The fourth-order valence-corrected chi connectivity index (χ4v) is 3.24. The Labute approximate surface area is 126 Å². The van der Waals surface area contributed by atoms with Gasteiger partial charge in [-0.1, -0.05) is 61.2 Å². The number of halogens is 1. The Morgan fingerprint density at radius 2 is 1.74 bits per heavy atom. The van der Waals surface area contributed by atoms with Crippen LogP contribution >= 0.6 is 15.9 Å². The van der Waals surface area contributed by atoms with Crippen molar-refractivity contribution in [2.45, 2.75) is 64.3 Å². The van der Waals surface area contributed by atoms with Gasteiger partial charge in [0.15, 0.2) is 0 Å². The highest BCUT2D eigenvalue weighted by Crippen LogP contribution is 2.36. The van der Waals surface area contributed by atoms with Crippen molar-refractivity contribution < 1.29 is 4.74 Å². The van der Waals surface area contributed by atoms with Gasteiger partial charge in [0, 0.05) is 4.83 Å². The molecule has 108 valence electrons. The zero-order valence-electron chi connectivity index (χ0n) is 12.7. The van der Waals surface area contributed by atoms with Crippen molar-refractivity contribution in [1.29, 1.82) is 0 Å². The molecule has 0 amide bonds. The number of unbranched alkanes of at least 4 members (excludes halogenated alkanes) is 1. The molecule has 1 rings (SSSR count). The van der Waals surface area contributed by atoms with Gasteiger partial charge in [-0.2, -0.15) is 0 Å². The second-order valence-corrected chi connectivity index (χ2v) is 6.43. The Bertz CT molecular complexity index is 345. The van der Waals surface area contributed by atoms with Crippen LogP contribution in [-0.2, 0) is 0 Å². The van der Waals surface area contributed by atoms with E-state index in [1.54, 1.807) is 0 Å². The van der Waals surface area contributed by atoms with E-state index in [2.05, 4.69) is 67.9 Å². The van der Waals surface area contributed by atoms with E-state index in [9.17, 15) is 0 Å². The van der Waals surface area contributed by atoms with Gasteiger partial charge < -0.3 is 4.74 Å². The van der Waals surface area contributed by atoms with Crippen molar-refractivity contribution in [3.63, 3.8) is 0 Å². The quantitative estimate of drug-likeness (QED) is 0.522. The summed E-state index contributed by atoms with van der Waals surface area (Å²) in [5, 5.41) is 0. The summed E-state index contributed by atoms with van der Waals surface area (Å²) < 4.78 is 5.69. The fourth-order valence-electron chi connectivity index (χ4n) is 2.30. The van der Waals surface area contributed by atoms with Crippen molar-refractivity contribution in [3.8, 4) is 5.75 Å². The normalized spacial score (nSPS) is 14.4. The molecule has 1 aromatic rings. The van der Waals surface area contributed by atoms with Gasteiger partial charge in [0.25, 0.3) is 0 Å². The molecule has 0 radical (unpaired) electrons. The van der Waals surface area contributed by atoms with Crippen LogP contribution in [0.5, 0.6) is 5.75 Å². The van der Waals surface area contributed by atoms with Crippen LogP contribution in [-0.4, -0.2) is 6.10 Å². The molecule has 2 unspecified atom stereocenters. The predicted molar refractivity (Wildman–Crippen MR) is 87.2 cm³/mol. The van der Waals surface area contributed by atoms with Gasteiger partial charge in [-0.15, -0.1) is 0 Å². The first-order valence-electron chi connectivity index (χ1n) is 7.49. The first-order chi connectivity index (χ1) is 9.08. The van der Waals surface area contributed by atoms with E-state index in [1.165, 1.54) is 31.2 Å². The van der Waals surface area contributed by atoms with Crippen molar-refractivity contribution in [1.82, 2.24) is 0 Å². The molecule has 0 bridgehead atoms. The molecular formula is C17H27BrO. The smallest absolute Gasteiger partial charge is 0.119 e. The number of hydrogen-bond acceptors (Lipinski definition) is 1. The summed E-state index contributed by atoms with van der Waals surface area (Å²) >= 11 is 3.88. The summed E-state index contributed by atoms with van der Waals surface area (Å²) in [5.41, 5.74) is 1.36. The Kier molecular flexibility index (Phi) is 7.52. The molecule has 1 nitrogen and oxygen atoms in total. The van der Waals surface area contributed by atoms with Crippen molar-refractivity contribution >= 4 is 15.9 Å². The molecule has 0 heterocycles. The summed E-state index contributed by atoms with van der Waals surface area (Å²) in [5.74, 6) is 1.68. The van der Waals surface area contributed by atoms with E-state index in [-0.39, 0.29) is 6.10 Å². The van der Waals surface area contributed by atoms with Gasteiger partial charge in [0.1, 0.15) is 5.75 Å². The lowest BCUT2D eigenvalue weighted by atomic mass is 9.92. The third kappa shape index (κ3) is 5.56. The van der Waals surface area contributed by atoms with E-state index in [1.807, 2.05) is 0 Å². The molecule has 0 aliphatic heterocycles. The van der Waals surface area contributed by atoms with Crippen LogP contribution in [0.4, 0.5) is 0 Å². The lowest BCUT2D eigenvalue weighted by Gasteiger charge is -2.22. The summed E-state index contributed by atoms with van der Waals surface area (Å²) in [6, 6.07) is 8.53. The van der Waals surface area contributed by atoms with E-state index in [0.717, 1.165) is 11.7 Å². The molecule has 0 aromatic heterocycles. The molecule has 19 heavy (non-hydrogen) atoms. The number of rotatable bonds is 8. The topological polar surface area (TPSA) is 9.23 Å². The molecule has 0 fully saturated rings. The number of hydrogen-bond donors (Lipinski definition) is 0. The molecule has 1 aromatic carbocycles. The Morgan fingerprint density at radius 1 is 1.11 bits per heavy atom. The summed E-state index contributed by atoms with van der Waals surface area (Å²) in [4.78, 5) is 0.456. The lowest BCUT2D eigenvalue weighted by Crippen LogP contribution is -2.08. The minimum atomic E-state index is 0.235. The van der Waals surface area contributed by atoms with E-state index < -0.39 is 0 Å². The Hall–Kier alpha value is -0.500. The van der Waals surface area contributed by atoms with Crippen LogP contribution in [0.1, 0.15) is 63.8 Å². The molecule has 0 spiro atoms. The minimum absolute atomic E-state index is 0.235. The summed E-state index contributed by atoms with van der Waals surface area (Å²) in [7, 11) is 0. The van der Waals surface area contributed by atoms with Crippen LogP contribution < -0.4 is 4.74 Å². The van der Waals surface area contributed by atoms with Gasteiger partial charge in [0.05, 0.1) is 6.10 Å². The number of benzene rings is 1. The second-order valence-electron chi connectivity index (χ2n) is 5.45. The summed E-state index contributed by atoms with van der Waals surface area (Å²) in [6.07, 6.45) is 5.35. The van der Waals surface area contributed by atoms with E-state index >= 15 is 0 Å². The van der Waals surface area contributed by atoms with Crippen LogP contribution in [0.3, 0.4) is 0 Å². The van der Waals surface area contributed by atoms with E-state index in [4.69, 9.17) is 4.74 Å². The third-order valence-corrected chi connectivity index (χ3v) is 4.71. The zero-order valence-corrected chi connectivity index (χ0v) is 14.2. The van der Waals surface area contributed by atoms with Crippen molar-refractivity contribution in [2.24, 2.45) is 5.92 Å².